The van der Waals surface area contributed by atoms with Gasteiger partial charge >= 0.3 is 0 Å². The maximum absolute atomic E-state index is 12.0. The number of amides is 1. The van der Waals surface area contributed by atoms with Crippen molar-refractivity contribution >= 4 is 5.91 Å². The first-order valence-corrected chi connectivity index (χ1v) is 7.84. The lowest BCUT2D eigenvalue weighted by molar-refractivity contribution is -0.122. The topological polar surface area (TPSA) is 41.6 Å². The van der Waals surface area contributed by atoms with E-state index in [1.54, 1.807) is 0 Å². The second kappa shape index (κ2) is 8.03. The van der Waals surface area contributed by atoms with Gasteiger partial charge in [0.15, 0.2) is 0 Å². The number of piperidine rings is 1. The van der Waals surface area contributed by atoms with E-state index in [0.717, 1.165) is 37.2 Å². The van der Waals surface area contributed by atoms with Gasteiger partial charge in [-0.3, -0.25) is 4.79 Å². The molecule has 1 amide bonds. The smallest absolute Gasteiger partial charge is 0.220 e. The van der Waals surface area contributed by atoms with Crippen molar-refractivity contribution in [2.45, 2.75) is 32.7 Å². The van der Waals surface area contributed by atoms with Gasteiger partial charge in [-0.1, -0.05) is 12.1 Å². The molecule has 1 aromatic rings. The van der Waals surface area contributed by atoms with Crippen molar-refractivity contribution in [3.63, 3.8) is 0 Å². The molecule has 4 heteroatoms. The van der Waals surface area contributed by atoms with Crippen LogP contribution in [0.15, 0.2) is 24.3 Å². The van der Waals surface area contributed by atoms with Crippen LogP contribution in [-0.4, -0.2) is 37.6 Å². The fourth-order valence-electron chi connectivity index (χ4n) is 2.71. The van der Waals surface area contributed by atoms with Crippen LogP contribution in [0.25, 0.3) is 0 Å². The van der Waals surface area contributed by atoms with Crippen LogP contribution in [0.1, 0.15) is 31.7 Å². The number of nitrogens with one attached hydrogen (secondary N) is 1. The highest BCUT2D eigenvalue weighted by atomic mass is 16.5. The van der Waals surface area contributed by atoms with Crippen LogP contribution in [0, 0.1) is 5.92 Å². The molecular weight excluding hydrogens is 264 g/mol. The van der Waals surface area contributed by atoms with Gasteiger partial charge in [0.2, 0.25) is 5.91 Å². The molecule has 1 saturated heterocycles. The minimum absolute atomic E-state index is 0.159. The summed E-state index contributed by atoms with van der Waals surface area (Å²) in [6, 6.07) is 7.90. The molecule has 1 N–H and O–H groups in total. The summed E-state index contributed by atoms with van der Waals surface area (Å²) < 4.78 is 5.47. The molecule has 0 saturated carbocycles. The Hall–Kier alpha value is -1.55. The van der Waals surface area contributed by atoms with Crippen molar-refractivity contribution in [2.75, 3.05) is 26.7 Å². The molecule has 116 valence electrons. The van der Waals surface area contributed by atoms with Gasteiger partial charge in [0.25, 0.3) is 0 Å². The van der Waals surface area contributed by atoms with Crippen molar-refractivity contribution in [3.8, 4) is 5.75 Å². The fraction of sp³-hybridized carbons (Fsp3) is 0.588. The number of carbonyl (C=O) groups is 1. The van der Waals surface area contributed by atoms with E-state index in [0.29, 0.717) is 25.5 Å². The van der Waals surface area contributed by atoms with Gasteiger partial charge in [0.05, 0.1) is 6.61 Å². The Kier molecular flexibility index (Phi) is 6.05. The lowest BCUT2D eigenvalue weighted by Gasteiger charge is -2.28. The lowest BCUT2D eigenvalue weighted by Crippen LogP contribution is -2.33. The summed E-state index contributed by atoms with van der Waals surface area (Å²) in [5.41, 5.74) is 1.08. The van der Waals surface area contributed by atoms with Crippen LogP contribution in [0.3, 0.4) is 0 Å². The summed E-state index contributed by atoms with van der Waals surface area (Å²) in [5.74, 6) is 1.56. The first-order chi connectivity index (χ1) is 10.2. The van der Waals surface area contributed by atoms with Gasteiger partial charge in [0.1, 0.15) is 5.75 Å². The van der Waals surface area contributed by atoms with Crippen molar-refractivity contribution in [1.82, 2.24) is 10.2 Å². The van der Waals surface area contributed by atoms with Gasteiger partial charge in [-0.25, -0.2) is 0 Å². The highest BCUT2D eigenvalue weighted by molar-refractivity contribution is 5.76. The fourth-order valence-corrected chi connectivity index (χ4v) is 2.71. The van der Waals surface area contributed by atoms with E-state index in [9.17, 15) is 4.79 Å². The highest BCUT2D eigenvalue weighted by Crippen LogP contribution is 2.19. The normalized spacial score (nSPS) is 16.7. The molecule has 2 rings (SSSR count). The average molecular weight is 290 g/mol. The molecule has 0 atom stereocenters. The van der Waals surface area contributed by atoms with Gasteiger partial charge in [-0.05, 0) is 63.5 Å². The molecule has 21 heavy (non-hydrogen) atoms. The van der Waals surface area contributed by atoms with Crippen molar-refractivity contribution < 1.29 is 9.53 Å². The van der Waals surface area contributed by atoms with E-state index < -0.39 is 0 Å². The first-order valence-electron chi connectivity index (χ1n) is 7.84. The molecule has 1 aliphatic rings. The van der Waals surface area contributed by atoms with Crippen molar-refractivity contribution in [2.24, 2.45) is 5.92 Å². The van der Waals surface area contributed by atoms with E-state index in [1.807, 2.05) is 31.2 Å². The second-order valence-electron chi connectivity index (χ2n) is 5.81. The average Bonchev–Trinajstić information content (AvgIpc) is 2.48. The predicted octanol–water partition coefficient (Wildman–Crippen LogP) is 2.43. The third-order valence-corrected chi connectivity index (χ3v) is 4.01. The standard InChI is InChI=1S/C17H26N2O2/c1-3-21-16-6-4-5-15(11-16)13-18-17(20)12-14-7-9-19(2)10-8-14/h4-6,11,14H,3,7-10,12-13H2,1-2H3,(H,18,20). The zero-order valence-corrected chi connectivity index (χ0v) is 13.1. The molecule has 0 bridgehead atoms. The molecule has 1 aromatic carbocycles. The molecule has 4 nitrogen and oxygen atoms in total. The number of hydrogen-bond acceptors (Lipinski definition) is 3. The summed E-state index contributed by atoms with van der Waals surface area (Å²) >= 11 is 0. The summed E-state index contributed by atoms with van der Waals surface area (Å²) in [6.45, 7) is 5.41. The highest BCUT2D eigenvalue weighted by Gasteiger charge is 2.19. The number of hydrogen-bond donors (Lipinski definition) is 1. The van der Waals surface area contributed by atoms with Crippen molar-refractivity contribution in [3.05, 3.63) is 29.8 Å². The van der Waals surface area contributed by atoms with E-state index in [4.69, 9.17) is 4.74 Å². The zero-order chi connectivity index (χ0) is 15.1. The maximum Gasteiger partial charge on any atom is 0.220 e. The third-order valence-electron chi connectivity index (χ3n) is 4.01. The van der Waals surface area contributed by atoms with E-state index in [-0.39, 0.29) is 5.91 Å². The minimum atomic E-state index is 0.159. The predicted molar refractivity (Wildman–Crippen MR) is 84.3 cm³/mol. The van der Waals surface area contributed by atoms with E-state index in [2.05, 4.69) is 17.3 Å². The second-order valence-corrected chi connectivity index (χ2v) is 5.81. The quantitative estimate of drug-likeness (QED) is 0.875. The molecule has 0 unspecified atom stereocenters. The number of rotatable bonds is 6. The molecule has 0 aliphatic carbocycles. The number of benzene rings is 1. The number of likely N-dealkylation sites (tertiary alicyclic amines) is 1. The molecule has 1 aliphatic heterocycles. The van der Waals surface area contributed by atoms with Crippen molar-refractivity contribution in [1.29, 1.82) is 0 Å². The summed E-state index contributed by atoms with van der Waals surface area (Å²) in [6.07, 6.45) is 2.91. The maximum atomic E-state index is 12.0. The van der Waals surface area contributed by atoms with Crippen LogP contribution in [0.2, 0.25) is 0 Å². The minimum Gasteiger partial charge on any atom is -0.494 e. The monoisotopic (exact) mass is 290 g/mol. The zero-order valence-electron chi connectivity index (χ0n) is 13.1. The van der Waals surface area contributed by atoms with Crippen LogP contribution < -0.4 is 10.1 Å². The van der Waals surface area contributed by atoms with Gasteiger partial charge in [-0.15, -0.1) is 0 Å². The summed E-state index contributed by atoms with van der Waals surface area (Å²) in [4.78, 5) is 14.3. The molecule has 1 fully saturated rings. The van der Waals surface area contributed by atoms with Crippen LogP contribution in [0.4, 0.5) is 0 Å². The lowest BCUT2D eigenvalue weighted by atomic mass is 9.93. The summed E-state index contributed by atoms with van der Waals surface area (Å²) in [5, 5.41) is 3.02. The van der Waals surface area contributed by atoms with E-state index >= 15 is 0 Å². The molecular formula is C17H26N2O2. The molecule has 0 spiro atoms. The third kappa shape index (κ3) is 5.38. The summed E-state index contributed by atoms with van der Waals surface area (Å²) in [7, 11) is 2.14. The van der Waals surface area contributed by atoms with Gasteiger partial charge in [-0.2, -0.15) is 0 Å². The molecule has 0 aromatic heterocycles. The Bertz CT molecular complexity index is 454. The number of carbonyl (C=O) groups excluding carboxylic acids is 1. The van der Waals surface area contributed by atoms with Crippen LogP contribution >= 0.6 is 0 Å². The Balaban J connectivity index is 1.74. The van der Waals surface area contributed by atoms with Gasteiger partial charge < -0.3 is 15.0 Å². The molecule has 0 radical (unpaired) electrons. The number of nitrogens with zero attached hydrogens (tertiary/aromatic N) is 1. The van der Waals surface area contributed by atoms with Crippen LogP contribution in [-0.2, 0) is 11.3 Å². The Labute approximate surface area is 127 Å². The number of ether oxygens (including phenoxy) is 1. The van der Waals surface area contributed by atoms with Crippen LogP contribution in [0.5, 0.6) is 5.75 Å². The largest absolute Gasteiger partial charge is 0.494 e. The van der Waals surface area contributed by atoms with E-state index in [1.165, 1.54) is 0 Å². The Morgan fingerprint density at radius 3 is 2.86 bits per heavy atom. The SMILES string of the molecule is CCOc1cccc(CNC(=O)CC2CCN(C)CC2)c1. The Morgan fingerprint density at radius 1 is 1.38 bits per heavy atom. The Morgan fingerprint density at radius 2 is 2.14 bits per heavy atom. The van der Waals surface area contributed by atoms with Gasteiger partial charge in [0, 0.05) is 13.0 Å². The first kappa shape index (κ1) is 15.8. The molecule has 1 heterocycles.